The summed E-state index contributed by atoms with van der Waals surface area (Å²) in [6, 6.07) is 17.8. The van der Waals surface area contributed by atoms with Crippen LogP contribution in [0, 0.1) is 18.3 Å². The molecule has 0 radical (unpaired) electrons. The maximum absolute atomic E-state index is 13.0. The molecule has 2 aromatic carbocycles. The van der Waals surface area contributed by atoms with Crippen LogP contribution >= 0.6 is 11.6 Å². The van der Waals surface area contributed by atoms with Crippen molar-refractivity contribution in [3.8, 4) is 6.07 Å². The Bertz CT molecular complexity index is 1200. The normalized spacial score (nSPS) is 21.3. The van der Waals surface area contributed by atoms with Crippen molar-refractivity contribution in [3.63, 3.8) is 0 Å². The molecule has 2 aliphatic rings. The number of benzene rings is 2. The number of hydrogen-bond donors (Lipinski definition) is 0. The lowest BCUT2D eigenvalue weighted by molar-refractivity contribution is -0.122. The average Bonchev–Trinajstić information content (AvgIpc) is 3.20. The molecule has 0 saturated carbocycles. The van der Waals surface area contributed by atoms with Crippen molar-refractivity contribution < 1.29 is 4.79 Å². The Hall–Kier alpha value is -3.14. The first-order chi connectivity index (χ1) is 15.5. The van der Waals surface area contributed by atoms with E-state index in [9.17, 15) is 4.79 Å². The molecule has 1 amide bonds. The minimum absolute atomic E-state index is 0.0857. The number of hydrogen-bond acceptors (Lipinski definition) is 4. The number of carbonyl (C=O) groups is 1. The highest BCUT2D eigenvalue weighted by atomic mass is 35.5. The minimum Gasteiger partial charge on any atom is -0.324 e. The number of anilines is 1. The second-order valence-electron chi connectivity index (χ2n) is 8.47. The summed E-state index contributed by atoms with van der Waals surface area (Å²) < 4.78 is 2.31. The molecule has 0 unspecified atom stereocenters. The summed E-state index contributed by atoms with van der Waals surface area (Å²) in [5, 5.41) is 9.74. The quantitative estimate of drug-likeness (QED) is 0.595. The molecule has 32 heavy (non-hydrogen) atoms. The van der Waals surface area contributed by atoms with Gasteiger partial charge in [0.15, 0.2) is 0 Å². The van der Waals surface area contributed by atoms with Crippen LogP contribution in [0.4, 0.5) is 5.69 Å². The minimum atomic E-state index is 0.0857. The summed E-state index contributed by atoms with van der Waals surface area (Å²) in [4.78, 5) is 21.9. The van der Waals surface area contributed by atoms with Gasteiger partial charge in [-0.1, -0.05) is 29.8 Å². The molecular weight excluding hydrogens is 422 g/mol. The van der Waals surface area contributed by atoms with Crippen molar-refractivity contribution in [2.45, 2.75) is 31.8 Å². The third-order valence-electron chi connectivity index (χ3n) is 6.57. The Kier molecular flexibility index (Phi) is 5.46. The summed E-state index contributed by atoms with van der Waals surface area (Å²) >= 11 is 6.13. The van der Waals surface area contributed by atoms with Gasteiger partial charge >= 0.3 is 0 Å². The van der Waals surface area contributed by atoms with Crippen LogP contribution in [0.1, 0.15) is 47.6 Å². The first kappa shape index (κ1) is 20.7. The molecule has 1 saturated heterocycles. The van der Waals surface area contributed by atoms with Gasteiger partial charge in [0.25, 0.3) is 0 Å². The highest BCUT2D eigenvalue weighted by Gasteiger charge is 2.37. The average molecular weight is 446 g/mol. The summed E-state index contributed by atoms with van der Waals surface area (Å²) in [7, 11) is 0. The maximum atomic E-state index is 13.0. The van der Waals surface area contributed by atoms with Gasteiger partial charge in [-0.15, -0.1) is 0 Å². The van der Waals surface area contributed by atoms with Crippen LogP contribution in [0.3, 0.4) is 0 Å². The van der Waals surface area contributed by atoms with E-state index in [1.54, 1.807) is 0 Å². The highest BCUT2D eigenvalue weighted by Crippen LogP contribution is 2.40. The van der Waals surface area contributed by atoms with Crippen molar-refractivity contribution in [2.24, 2.45) is 0 Å². The maximum Gasteiger partial charge on any atom is 0.241 e. The van der Waals surface area contributed by atoms with Gasteiger partial charge in [-0.3, -0.25) is 9.69 Å². The molecular formula is C25H24ClN5O. The molecule has 1 fully saturated rings. The van der Waals surface area contributed by atoms with E-state index in [1.807, 2.05) is 59.6 Å². The van der Waals surface area contributed by atoms with Crippen LogP contribution in [0.2, 0.25) is 5.02 Å². The fourth-order valence-electron chi connectivity index (χ4n) is 5.01. The van der Waals surface area contributed by atoms with E-state index >= 15 is 0 Å². The molecule has 1 aromatic heterocycles. The number of halogens is 1. The summed E-state index contributed by atoms with van der Waals surface area (Å²) in [5.74, 6) is 1.11. The van der Waals surface area contributed by atoms with Gasteiger partial charge in [-0.05, 0) is 55.7 Å². The number of nitrogens with zero attached hydrogens (tertiary/aromatic N) is 5. The first-order valence-electron chi connectivity index (χ1n) is 10.9. The number of amides is 1. The van der Waals surface area contributed by atoms with Crippen molar-refractivity contribution in [2.75, 3.05) is 24.5 Å². The van der Waals surface area contributed by atoms with Gasteiger partial charge in [0.05, 0.1) is 30.3 Å². The first-order valence-corrected chi connectivity index (χ1v) is 11.3. The van der Waals surface area contributed by atoms with Crippen LogP contribution in [0.15, 0.2) is 54.7 Å². The zero-order valence-corrected chi connectivity index (χ0v) is 18.7. The predicted octanol–water partition coefficient (Wildman–Crippen LogP) is 4.49. The smallest absolute Gasteiger partial charge is 0.241 e. The molecule has 3 aromatic rings. The lowest BCUT2D eigenvalue weighted by atomic mass is 9.92. The molecule has 7 heteroatoms. The molecule has 2 aliphatic heterocycles. The number of fused-ring (bicyclic) bond motifs is 1. The predicted molar refractivity (Wildman–Crippen MR) is 124 cm³/mol. The third-order valence-corrected chi connectivity index (χ3v) is 6.80. The number of imidazole rings is 1. The van der Waals surface area contributed by atoms with Crippen molar-refractivity contribution >= 4 is 23.2 Å². The van der Waals surface area contributed by atoms with Crippen LogP contribution < -0.4 is 4.90 Å². The zero-order valence-electron chi connectivity index (χ0n) is 17.9. The second-order valence-corrected chi connectivity index (χ2v) is 8.90. The van der Waals surface area contributed by atoms with Gasteiger partial charge in [0.2, 0.25) is 5.91 Å². The number of rotatable bonds is 3. The molecule has 0 N–H and O–H groups in total. The van der Waals surface area contributed by atoms with E-state index in [2.05, 4.69) is 22.5 Å². The summed E-state index contributed by atoms with van der Waals surface area (Å²) in [5.41, 5.74) is 3.82. The zero-order chi connectivity index (χ0) is 22.2. The molecule has 0 bridgehead atoms. The van der Waals surface area contributed by atoms with Crippen molar-refractivity contribution in [1.82, 2.24) is 14.5 Å². The van der Waals surface area contributed by atoms with E-state index in [1.165, 1.54) is 5.56 Å². The Morgan fingerprint density at radius 2 is 1.88 bits per heavy atom. The second kappa shape index (κ2) is 8.42. The van der Waals surface area contributed by atoms with E-state index in [0.717, 1.165) is 36.6 Å². The fraction of sp³-hybridized carbons (Fsp3) is 0.320. The topological polar surface area (TPSA) is 65.2 Å². The Balaban J connectivity index is 1.38. The van der Waals surface area contributed by atoms with Crippen LogP contribution in [-0.4, -0.2) is 40.0 Å². The molecule has 3 heterocycles. The van der Waals surface area contributed by atoms with E-state index < -0.39 is 0 Å². The Morgan fingerprint density at radius 3 is 2.59 bits per heavy atom. The van der Waals surface area contributed by atoms with Gasteiger partial charge in [0, 0.05) is 35.7 Å². The van der Waals surface area contributed by atoms with E-state index in [4.69, 9.17) is 21.8 Å². The van der Waals surface area contributed by atoms with E-state index in [-0.39, 0.29) is 18.0 Å². The molecule has 0 aliphatic carbocycles. The largest absolute Gasteiger partial charge is 0.324 e. The summed E-state index contributed by atoms with van der Waals surface area (Å²) in [6.45, 7) is 3.87. The Morgan fingerprint density at radius 1 is 1.09 bits per heavy atom. The van der Waals surface area contributed by atoms with Crippen LogP contribution in [0.25, 0.3) is 0 Å². The van der Waals surface area contributed by atoms with Gasteiger partial charge in [-0.2, -0.15) is 5.26 Å². The third kappa shape index (κ3) is 3.68. The van der Waals surface area contributed by atoms with Crippen molar-refractivity contribution in [1.29, 1.82) is 5.26 Å². The van der Waals surface area contributed by atoms with Crippen LogP contribution in [-0.2, 0) is 4.79 Å². The van der Waals surface area contributed by atoms with Gasteiger partial charge < -0.3 is 9.47 Å². The molecule has 0 spiro atoms. The Labute approximate surface area is 192 Å². The number of aryl methyl sites for hydroxylation is 1. The molecule has 2 atom stereocenters. The van der Waals surface area contributed by atoms with Gasteiger partial charge in [0.1, 0.15) is 5.82 Å². The van der Waals surface area contributed by atoms with Crippen molar-refractivity contribution in [3.05, 3.63) is 82.4 Å². The SMILES string of the molecule is Cc1cnc2n1[C@H](c1ccc(C#N)cc1)CC[C@H]2N1CCN(c2cccc(Cl)c2)C(=O)C1. The molecule has 5 rings (SSSR count). The number of aromatic nitrogens is 2. The number of carbonyl (C=O) groups excluding carboxylic acids is 1. The van der Waals surface area contributed by atoms with Gasteiger partial charge in [-0.25, -0.2) is 4.98 Å². The standard InChI is InChI=1S/C25H24ClN5O/c1-17-15-28-25-23(10-9-22(31(17)25)19-7-5-18(14-27)6-8-19)29-11-12-30(24(32)16-29)21-4-2-3-20(26)13-21/h2-8,13,15,22-23H,9-12,16H2,1H3/t22-,23+/m0/s1. The van der Waals surface area contributed by atoms with Crippen LogP contribution in [0.5, 0.6) is 0 Å². The lowest BCUT2D eigenvalue weighted by Gasteiger charge is -2.42. The molecule has 162 valence electrons. The number of piperazine rings is 1. The monoisotopic (exact) mass is 445 g/mol. The molecule has 6 nitrogen and oxygen atoms in total. The fourth-order valence-corrected chi connectivity index (χ4v) is 5.19. The van der Waals surface area contributed by atoms with E-state index in [0.29, 0.717) is 23.7 Å². The lowest BCUT2D eigenvalue weighted by Crippen LogP contribution is -2.52. The summed E-state index contributed by atoms with van der Waals surface area (Å²) in [6.07, 6.45) is 3.82. The highest BCUT2D eigenvalue weighted by molar-refractivity contribution is 6.30. The number of nitriles is 1.